The van der Waals surface area contributed by atoms with Gasteiger partial charge >= 0.3 is 0 Å². The molecule has 0 bridgehead atoms. The van der Waals surface area contributed by atoms with Crippen LogP contribution < -0.4 is 4.90 Å². The predicted molar refractivity (Wildman–Crippen MR) is 131 cm³/mol. The highest BCUT2D eigenvalue weighted by atomic mass is 16.3. The molecule has 1 aromatic rings. The van der Waals surface area contributed by atoms with Gasteiger partial charge in [0.25, 0.3) is 0 Å². The summed E-state index contributed by atoms with van der Waals surface area (Å²) in [4.78, 5) is 14.3. The van der Waals surface area contributed by atoms with Gasteiger partial charge in [-0.3, -0.25) is 4.79 Å². The number of benzene rings is 1. The van der Waals surface area contributed by atoms with Crippen molar-refractivity contribution >= 4 is 11.5 Å². The number of aliphatic hydroxyl groups is 2. The van der Waals surface area contributed by atoms with Gasteiger partial charge in [0.15, 0.2) is 5.78 Å². The molecule has 0 aromatic heterocycles. The fraction of sp³-hybridized carbons (Fsp3) is 0.552. The second-order valence-electron chi connectivity index (χ2n) is 10.8. The Labute approximate surface area is 197 Å². The van der Waals surface area contributed by atoms with E-state index in [2.05, 4.69) is 62.0 Å². The van der Waals surface area contributed by atoms with Crippen LogP contribution in [0.2, 0.25) is 0 Å². The second kappa shape index (κ2) is 8.15. The van der Waals surface area contributed by atoms with Crippen molar-refractivity contribution in [2.24, 2.45) is 17.3 Å². The van der Waals surface area contributed by atoms with E-state index in [-0.39, 0.29) is 23.7 Å². The van der Waals surface area contributed by atoms with Crippen molar-refractivity contribution in [1.82, 2.24) is 0 Å². The van der Waals surface area contributed by atoms with Gasteiger partial charge < -0.3 is 15.1 Å². The summed E-state index contributed by atoms with van der Waals surface area (Å²) in [6.45, 7) is 2.01. The third kappa shape index (κ3) is 3.49. The van der Waals surface area contributed by atoms with Gasteiger partial charge in [-0.2, -0.15) is 0 Å². The molecule has 0 amide bonds. The number of anilines is 1. The van der Waals surface area contributed by atoms with Crippen molar-refractivity contribution in [3.63, 3.8) is 0 Å². The molecule has 2 saturated carbocycles. The standard InChI is InChI=1S/C29H35NO3/c1-28-18-25(19-5-8-21(9-6-19)30(2)3)27-23-12-10-22(32)17-20(23)7-11-24(27)26(28)13-15-29(28,33)14-4-16-31/h5-6,8-9,17,24-26,31,33H,7,10-13,15-16,18H2,1-3H3/t24-,25+,26?,28-,29?/m0/s1. The summed E-state index contributed by atoms with van der Waals surface area (Å²) in [5.41, 5.74) is 5.26. The highest BCUT2D eigenvalue weighted by Gasteiger charge is 2.62. The Kier molecular flexibility index (Phi) is 5.54. The van der Waals surface area contributed by atoms with Gasteiger partial charge in [0.2, 0.25) is 0 Å². The zero-order valence-corrected chi connectivity index (χ0v) is 20.0. The van der Waals surface area contributed by atoms with E-state index in [9.17, 15) is 15.0 Å². The molecule has 174 valence electrons. The molecule has 33 heavy (non-hydrogen) atoms. The lowest BCUT2D eigenvalue weighted by atomic mass is 9.51. The van der Waals surface area contributed by atoms with Crippen molar-refractivity contribution in [3.05, 3.63) is 52.6 Å². The molecule has 4 aliphatic carbocycles. The van der Waals surface area contributed by atoms with E-state index >= 15 is 0 Å². The van der Waals surface area contributed by atoms with Crippen LogP contribution in [0.1, 0.15) is 63.4 Å². The topological polar surface area (TPSA) is 60.8 Å². The minimum atomic E-state index is -1.07. The minimum Gasteiger partial charge on any atom is -0.384 e. The lowest BCUT2D eigenvalue weighted by Gasteiger charge is -2.53. The Morgan fingerprint density at radius 1 is 1.12 bits per heavy atom. The van der Waals surface area contributed by atoms with Crippen LogP contribution >= 0.6 is 0 Å². The van der Waals surface area contributed by atoms with Gasteiger partial charge in [0.05, 0.1) is 0 Å². The summed E-state index contributed by atoms with van der Waals surface area (Å²) in [5, 5.41) is 21.1. The van der Waals surface area contributed by atoms with Crippen molar-refractivity contribution in [1.29, 1.82) is 0 Å². The van der Waals surface area contributed by atoms with E-state index in [0.717, 1.165) is 32.1 Å². The maximum absolute atomic E-state index is 12.2. The number of rotatable bonds is 2. The quantitative estimate of drug-likeness (QED) is 0.664. The van der Waals surface area contributed by atoms with Gasteiger partial charge in [-0.15, -0.1) is 0 Å². The summed E-state index contributed by atoms with van der Waals surface area (Å²) in [7, 11) is 4.11. The maximum Gasteiger partial charge on any atom is 0.156 e. The number of hydrogen-bond acceptors (Lipinski definition) is 4. The average molecular weight is 446 g/mol. The first kappa shape index (κ1) is 22.4. The highest BCUT2D eigenvalue weighted by Crippen LogP contribution is 2.66. The normalized spacial score (nSPS) is 35.1. The molecule has 0 aliphatic heterocycles. The summed E-state index contributed by atoms with van der Waals surface area (Å²) >= 11 is 0. The van der Waals surface area contributed by atoms with Gasteiger partial charge in [0, 0.05) is 37.5 Å². The first-order valence-electron chi connectivity index (χ1n) is 12.3. The number of aliphatic hydroxyl groups excluding tert-OH is 1. The Bertz CT molecular complexity index is 1090. The Hall–Kier alpha value is -2.35. The monoisotopic (exact) mass is 445 g/mol. The zero-order valence-electron chi connectivity index (χ0n) is 20.0. The molecule has 4 heteroatoms. The zero-order chi connectivity index (χ0) is 23.4. The first-order valence-corrected chi connectivity index (χ1v) is 12.3. The van der Waals surface area contributed by atoms with Gasteiger partial charge in [0.1, 0.15) is 12.2 Å². The average Bonchev–Trinajstić information content (AvgIpc) is 3.07. The van der Waals surface area contributed by atoms with E-state index < -0.39 is 5.60 Å². The third-order valence-electron chi connectivity index (χ3n) is 9.07. The van der Waals surface area contributed by atoms with Crippen LogP contribution in [0.15, 0.2) is 47.1 Å². The fourth-order valence-electron chi connectivity index (χ4n) is 7.36. The van der Waals surface area contributed by atoms with Crippen LogP contribution in [0, 0.1) is 29.1 Å². The molecule has 1 aromatic carbocycles. The number of nitrogens with zero attached hydrogens (tertiary/aromatic N) is 1. The van der Waals surface area contributed by atoms with E-state index in [0.29, 0.717) is 24.7 Å². The molecule has 5 rings (SSSR count). The molecule has 2 N–H and O–H groups in total. The Morgan fingerprint density at radius 3 is 2.58 bits per heavy atom. The Morgan fingerprint density at radius 2 is 1.88 bits per heavy atom. The highest BCUT2D eigenvalue weighted by molar-refractivity contribution is 5.93. The van der Waals surface area contributed by atoms with Gasteiger partial charge in [-0.05, 0) is 85.3 Å². The number of fused-ring (bicyclic) bond motifs is 4. The third-order valence-corrected chi connectivity index (χ3v) is 9.07. The molecule has 0 spiro atoms. The van der Waals surface area contributed by atoms with Crippen LogP contribution in [0.25, 0.3) is 0 Å². The summed E-state index contributed by atoms with van der Waals surface area (Å²) in [5.74, 6) is 7.10. The molecule has 0 heterocycles. The molecular formula is C29H35NO3. The molecule has 2 unspecified atom stereocenters. The molecule has 0 radical (unpaired) electrons. The number of carbonyl (C=O) groups is 1. The van der Waals surface area contributed by atoms with Crippen LogP contribution in [0.5, 0.6) is 0 Å². The maximum atomic E-state index is 12.2. The number of allylic oxidation sites excluding steroid dienone is 4. The Balaban J connectivity index is 1.66. The van der Waals surface area contributed by atoms with Gasteiger partial charge in [-0.1, -0.05) is 36.5 Å². The smallest absolute Gasteiger partial charge is 0.156 e. The lowest BCUT2D eigenvalue weighted by Crippen LogP contribution is -2.51. The summed E-state index contributed by atoms with van der Waals surface area (Å²) < 4.78 is 0. The van der Waals surface area contributed by atoms with E-state index in [1.165, 1.54) is 28.0 Å². The van der Waals surface area contributed by atoms with Gasteiger partial charge in [-0.25, -0.2) is 0 Å². The molecular weight excluding hydrogens is 410 g/mol. The van der Waals surface area contributed by atoms with Crippen LogP contribution in [-0.4, -0.2) is 42.3 Å². The summed E-state index contributed by atoms with van der Waals surface area (Å²) in [6.07, 6.45) is 7.80. The van der Waals surface area contributed by atoms with Crippen LogP contribution in [0.4, 0.5) is 5.69 Å². The molecule has 5 atom stereocenters. The van der Waals surface area contributed by atoms with Crippen molar-refractivity contribution in [2.75, 3.05) is 25.6 Å². The van der Waals surface area contributed by atoms with Crippen LogP contribution in [-0.2, 0) is 4.79 Å². The van der Waals surface area contributed by atoms with Crippen LogP contribution in [0.3, 0.4) is 0 Å². The van der Waals surface area contributed by atoms with Crippen molar-refractivity contribution in [2.45, 2.75) is 63.4 Å². The van der Waals surface area contributed by atoms with E-state index in [1.807, 2.05) is 6.08 Å². The number of carbonyl (C=O) groups excluding carboxylic acids is 1. The van der Waals surface area contributed by atoms with E-state index in [1.54, 1.807) is 0 Å². The molecule has 2 fully saturated rings. The number of hydrogen-bond donors (Lipinski definition) is 2. The van der Waals surface area contributed by atoms with E-state index in [4.69, 9.17) is 0 Å². The fourth-order valence-corrected chi connectivity index (χ4v) is 7.36. The predicted octanol–water partition coefficient (Wildman–Crippen LogP) is 4.38. The minimum absolute atomic E-state index is 0.208. The largest absolute Gasteiger partial charge is 0.384 e. The molecule has 4 nitrogen and oxygen atoms in total. The SMILES string of the molecule is CN(C)c1ccc([C@H]2C[C@@]3(C)C(CCC3(O)C#CCO)[C@@H]3CCC4=CC(=O)CCC4=C32)cc1. The number of ketones is 1. The van der Waals surface area contributed by atoms with Crippen molar-refractivity contribution < 1.29 is 15.0 Å². The van der Waals surface area contributed by atoms with Crippen molar-refractivity contribution in [3.8, 4) is 11.8 Å². The second-order valence-corrected chi connectivity index (χ2v) is 10.8. The molecule has 4 aliphatic rings. The molecule has 0 saturated heterocycles. The summed E-state index contributed by atoms with van der Waals surface area (Å²) in [6, 6.07) is 8.85. The lowest BCUT2D eigenvalue weighted by molar-refractivity contribution is -0.114. The first-order chi connectivity index (χ1) is 15.8.